The SMILES string of the molecule is O=C(O)c1ccc2c(O)c[nH]c2c1. The number of aromatic hydroxyl groups is 1. The minimum absolute atomic E-state index is 0.131. The van der Waals surface area contributed by atoms with E-state index in [9.17, 15) is 9.90 Å². The molecule has 3 N–H and O–H groups in total. The van der Waals surface area contributed by atoms with E-state index < -0.39 is 5.97 Å². The van der Waals surface area contributed by atoms with Crippen molar-refractivity contribution in [3.8, 4) is 5.75 Å². The predicted octanol–water partition coefficient (Wildman–Crippen LogP) is 1.57. The number of nitrogens with one attached hydrogen (secondary N) is 1. The number of carboxylic acids is 1. The molecule has 0 saturated carbocycles. The van der Waals surface area contributed by atoms with Crippen LogP contribution in [0.4, 0.5) is 0 Å². The van der Waals surface area contributed by atoms with Crippen LogP contribution in [0.3, 0.4) is 0 Å². The number of hydrogen-bond donors (Lipinski definition) is 3. The van der Waals surface area contributed by atoms with Gasteiger partial charge in [0.2, 0.25) is 0 Å². The minimum Gasteiger partial charge on any atom is -0.506 e. The summed E-state index contributed by atoms with van der Waals surface area (Å²) in [6.07, 6.45) is 1.43. The molecule has 4 heteroatoms. The maximum absolute atomic E-state index is 10.6. The first-order chi connectivity index (χ1) is 6.18. The van der Waals surface area contributed by atoms with Gasteiger partial charge < -0.3 is 15.2 Å². The highest BCUT2D eigenvalue weighted by Gasteiger charge is 2.06. The normalized spacial score (nSPS) is 10.5. The van der Waals surface area contributed by atoms with Crippen LogP contribution in [0, 0.1) is 0 Å². The molecule has 0 fully saturated rings. The molecule has 0 amide bonds. The molecule has 0 spiro atoms. The fourth-order valence-electron chi connectivity index (χ4n) is 1.24. The Bertz CT molecular complexity index is 473. The monoisotopic (exact) mass is 177 g/mol. The minimum atomic E-state index is -0.976. The van der Waals surface area contributed by atoms with Crippen LogP contribution in [0.1, 0.15) is 10.4 Å². The van der Waals surface area contributed by atoms with Crippen molar-refractivity contribution < 1.29 is 15.0 Å². The average Bonchev–Trinajstić information content (AvgIpc) is 2.47. The molecule has 0 bridgehead atoms. The summed E-state index contributed by atoms with van der Waals surface area (Å²) in [6, 6.07) is 4.51. The summed E-state index contributed by atoms with van der Waals surface area (Å²) in [6.45, 7) is 0. The Balaban J connectivity index is 2.70. The Morgan fingerprint density at radius 2 is 2.15 bits per heavy atom. The summed E-state index contributed by atoms with van der Waals surface area (Å²) < 4.78 is 0. The van der Waals surface area contributed by atoms with Gasteiger partial charge in [-0.2, -0.15) is 0 Å². The van der Waals surface area contributed by atoms with E-state index in [1.807, 2.05) is 0 Å². The van der Waals surface area contributed by atoms with Gasteiger partial charge in [0.15, 0.2) is 0 Å². The highest BCUT2D eigenvalue weighted by molar-refractivity contribution is 5.95. The van der Waals surface area contributed by atoms with E-state index in [0.29, 0.717) is 10.9 Å². The molecule has 0 radical (unpaired) electrons. The highest BCUT2D eigenvalue weighted by atomic mass is 16.4. The van der Waals surface area contributed by atoms with Crippen molar-refractivity contribution in [2.45, 2.75) is 0 Å². The van der Waals surface area contributed by atoms with Gasteiger partial charge in [-0.25, -0.2) is 4.79 Å². The first-order valence-electron chi connectivity index (χ1n) is 3.72. The van der Waals surface area contributed by atoms with Crippen LogP contribution in [0.15, 0.2) is 24.4 Å². The highest BCUT2D eigenvalue weighted by Crippen LogP contribution is 2.24. The van der Waals surface area contributed by atoms with Crippen LogP contribution in [-0.2, 0) is 0 Å². The second-order valence-corrected chi connectivity index (χ2v) is 2.74. The Labute approximate surface area is 73.4 Å². The van der Waals surface area contributed by atoms with Crippen LogP contribution >= 0.6 is 0 Å². The predicted molar refractivity (Wildman–Crippen MR) is 46.9 cm³/mol. The molecule has 0 unspecified atom stereocenters. The largest absolute Gasteiger partial charge is 0.506 e. The molecule has 0 aliphatic rings. The van der Waals surface area contributed by atoms with Crippen molar-refractivity contribution in [1.82, 2.24) is 4.98 Å². The Hall–Kier alpha value is -1.97. The van der Waals surface area contributed by atoms with Crippen molar-refractivity contribution in [1.29, 1.82) is 0 Å². The summed E-state index contributed by atoms with van der Waals surface area (Å²) in [5.41, 5.74) is 0.826. The number of fused-ring (bicyclic) bond motifs is 1. The number of benzene rings is 1. The molecule has 1 aromatic carbocycles. The van der Waals surface area contributed by atoms with Gasteiger partial charge in [-0.3, -0.25) is 0 Å². The van der Waals surface area contributed by atoms with E-state index in [2.05, 4.69) is 4.98 Å². The number of aromatic carboxylic acids is 1. The first kappa shape index (κ1) is 7.67. The molecule has 1 heterocycles. The van der Waals surface area contributed by atoms with Gasteiger partial charge in [0.25, 0.3) is 0 Å². The lowest BCUT2D eigenvalue weighted by atomic mass is 10.1. The molecule has 0 aliphatic carbocycles. The van der Waals surface area contributed by atoms with Crippen molar-refractivity contribution in [3.63, 3.8) is 0 Å². The maximum atomic E-state index is 10.6. The molecule has 4 nitrogen and oxygen atoms in total. The standard InChI is InChI=1S/C9H7NO3/c11-8-4-10-7-3-5(9(12)13)1-2-6(7)8/h1-4,10-11H,(H,12,13). The number of carboxylic acid groups (broad SMARTS) is 1. The Kier molecular flexibility index (Phi) is 1.48. The molecule has 13 heavy (non-hydrogen) atoms. The third-order valence-electron chi connectivity index (χ3n) is 1.91. The molecule has 2 aromatic rings. The van der Waals surface area contributed by atoms with Crippen LogP contribution in [0.25, 0.3) is 10.9 Å². The first-order valence-corrected chi connectivity index (χ1v) is 3.72. The number of aromatic nitrogens is 1. The lowest BCUT2D eigenvalue weighted by Gasteiger charge is -1.94. The molecule has 66 valence electrons. The van der Waals surface area contributed by atoms with Gasteiger partial charge in [-0.05, 0) is 18.2 Å². The van der Waals surface area contributed by atoms with Crippen molar-refractivity contribution in [2.75, 3.05) is 0 Å². The average molecular weight is 177 g/mol. The van der Waals surface area contributed by atoms with Gasteiger partial charge in [0.05, 0.1) is 11.1 Å². The molecule has 0 saturated heterocycles. The number of H-pyrrole nitrogens is 1. The zero-order valence-electron chi connectivity index (χ0n) is 6.61. The Morgan fingerprint density at radius 1 is 1.38 bits per heavy atom. The van der Waals surface area contributed by atoms with Gasteiger partial charge in [0.1, 0.15) is 5.75 Å². The molecular formula is C9H7NO3. The van der Waals surface area contributed by atoms with E-state index >= 15 is 0 Å². The summed E-state index contributed by atoms with van der Waals surface area (Å²) in [4.78, 5) is 13.3. The van der Waals surface area contributed by atoms with Gasteiger partial charge in [0, 0.05) is 11.6 Å². The quantitative estimate of drug-likeness (QED) is 0.619. The fourth-order valence-corrected chi connectivity index (χ4v) is 1.24. The third-order valence-corrected chi connectivity index (χ3v) is 1.91. The smallest absolute Gasteiger partial charge is 0.335 e. The third kappa shape index (κ3) is 1.12. The zero-order chi connectivity index (χ0) is 9.42. The van der Waals surface area contributed by atoms with Crippen LogP contribution in [0.2, 0.25) is 0 Å². The second-order valence-electron chi connectivity index (χ2n) is 2.74. The summed E-state index contributed by atoms with van der Waals surface area (Å²) >= 11 is 0. The zero-order valence-corrected chi connectivity index (χ0v) is 6.61. The Morgan fingerprint density at radius 3 is 2.85 bits per heavy atom. The fraction of sp³-hybridized carbons (Fsp3) is 0. The number of rotatable bonds is 1. The number of carbonyl (C=O) groups is 1. The van der Waals surface area contributed by atoms with Crippen LogP contribution < -0.4 is 0 Å². The summed E-state index contributed by atoms with van der Waals surface area (Å²) in [7, 11) is 0. The van der Waals surface area contributed by atoms with E-state index in [4.69, 9.17) is 5.11 Å². The molecular weight excluding hydrogens is 170 g/mol. The number of hydrogen-bond acceptors (Lipinski definition) is 2. The van der Waals surface area contributed by atoms with E-state index in [-0.39, 0.29) is 11.3 Å². The molecule has 1 aromatic heterocycles. The molecule has 0 aliphatic heterocycles. The summed E-state index contributed by atoms with van der Waals surface area (Å²) in [5.74, 6) is -0.845. The van der Waals surface area contributed by atoms with Gasteiger partial charge in [-0.1, -0.05) is 0 Å². The van der Waals surface area contributed by atoms with Crippen molar-refractivity contribution >= 4 is 16.9 Å². The second kappa shape index (κ2) is 2.52. The van der Waals surface area contributed by atoms with E-state index in [1.165, 1.54) is 18.3 Å². The van der Waals surface area contributed by atoms with Gasteiger partial charge in [-0.15, -0.1) is 0 Å². The molecule has 0 atom stereocenters. The summed E-state index contributed by atoms with van der Waals surface area (Å²) in [5, 5.41) is 18.6. The van der Waals surface area contributed by atoms with Gasteiger partial charge >= 0.3 is 5.97 Å². The topological polar surface area (TPSA) is 73.3 Å². The lowest BCUT2D eigenvalue weighted by molar-refractivity contribution is 0.0697. The maximum Gasteiger partial charge on any atom is 0.335 e. The number of aromatic amines is 1. The van der Waals surface area contributed by atoms with Crippen molar-refractivity contribution in [2.24, 2.45) is 0 Å². The molecule has 2 rings (SSSR count). The van der Waals surface area contributed by atoms with Crippen LogP contribution in [0.5, 0.6) is 5.75 Å². The van der Waals surface area contributed by atoms with E-state index in [0.717, 1.165) is 0 Å². The van der Waals surface area contributed by atoms with E-state index in [1.54, 1.807) is 6.07 Å². The van der Waals surface area contributed by atoms with Crippen LogP contribution in [-0.4, -0.2) is 21.2 Å². The lowest BCUT2D eigenvalue weighted by Crippen LogP contribution is -1.94. The van der Waals surface area contributed by atoms with Crippen molar-refractivity contribution in [3.05, 3.63) is 30.0 Å².